The van der Waals surface area contributed by atoms with Crippen molar-refractivity contribution in [1.29, 1.82) is 0 Å². The van der Waals surface area contributed by atoms with Crippen LogP contribution < -0.4 is 16.0 Å². The van der Waals surface area contributed by atoms with E-state index in [-0.39, 0.29) is 25.0 Å². The molecule has 0 radical (unpaired) electrons. The highest BCUT2D eigenvalue weighted by Crippen LogP contribution is 2.04. The van der Waals surface area contributed by atoms with Gasteiger partial charge < -0.3 is 20.7 Å². The van der Waals surface area contributed by atoms with Crippen LogP contribution in [0.3, 0.4) is 0 Å². The maximum absolute atomic E-state index is 11.6. The molecular weight excluding hydrogens is 312 g/mol. The summed E-state index contributed by atoms with van der Waals surface area (Å²) < 4.78 is 5.12. The molecule has 0 spiro atoms. The van der Waals surface area contributed by atoms with E-state index in [1.165, 1.54) is 4.90 Å². The number of rotatable bonds is 2. The van der Waals surface area contributed by atoms with E-state index in [2.05, 4.69) is 16.0 Å². The van der Waals surface area contributed by atoms with Gasteiger partial charge in [-0.15, -0.1) is 0 Å². The van der Waals surface area contributed by atoms with E-state index in [1.54, 1.807) is 0 Å². The first-order valence-corrected chi connectivity index (χ1v) is 7.85. The lowest BCUT2D eigenvalue weighted by atomic mass is 10.2. The smallest absolute Gasteiger partial charge is 0.410 e. The highest BCUT2D eigenvalue weighted by molar-refractivity contribution is 5.83. The number of nitrogens with zero attached hydrogens (tertiary/aromatic N) is 1. The number of carbonyl (C=O) groups is 3. The second-order valence-corrected chi connectivity index (χ2v) is 5.34. The quantitative estimate of drug-likeness (QED) is 0.675. The second kappa shape index (κ2) is 9.51. The fourth-order valence-corrected chi connectivity index (χ4v) is 2.16. The van der Waals surface area contributed by atoms with E-state index >= 15 is 0 Å². The van der Waals surface area contributed by atoms with Gasteiger partial charge in [0, 0.05) is 26.2 Å². The molecule has 0 aliphatic carbocycles. The first kappa shape index (κ1) is 17.7. The lowest BCUT2D eigenvalue weighted by Crippen LogP contribution is -2.50. The van der Waals surface area contributed by atoms with Crippen LogP contribution in [0.1, 0.15) is 5.56 Å². The molecule has 2 saturated heterocycles. The van der Waals surface area contributed by atoms with E-state index < -0.39 is 6.09 Å². The van der Waals surface area contributed by atoms with Gasteiger partial charge in [-0.05, 0) is 5.56 Å². The third kappa shape index (κ3) is 6.25. The van der Waals surface area contributed by atoms with Gasteiger partial charge in [0.05, 0.1) is 6.54 Å². The summed E-state index contributed by atoms with van der Waals surface area (Å²) in [5, 5.41) is 8.26. The van der Waals surface area contributed by atoms with Crippen molar-refractivity contribution in [3.8, 4) is 0 Å². The van der Waals surface area contributed by atoms with Crippen molar-refractivity contribution in [1.82, 2.24) is 20.9 Å². The van der Waals surface area contributed by atoms with Crippen LogP contribution in [0.15, 0.2) is 30.3 Å². The van der Waals surface area contributed by atoms with Crippen molar-refractivity contribution in [3.05, 3.63) is 35.9 Å². The van der Waals surface area contributed by atoms with Crippen LogP contribution in [-0.2, 0) is 20.9 Å². The van der Waals surface area contributed by atoms with Crippen LogP contribution in [0.4, 0.5) is 4.79 Å². The molecule has 24 heavy (non-hydrogen) atoms. The Bertz CT molecular complexity index is 556. The number of amides is 3. The zero-order valence-electron chi connectivity index (χ0n) is 13.4. The summed E-state index contributed by atoms with van der Waals surface area (Å²) in [5.41, 5.74) is 0.933. The lowest BCUT2D eigenvalue weighted by Gasteiger charge is -2.25. The Morgan fingerprint density at radius 3 is 2.38 bits per heavy atom. The zero-order chi connectivity index (χ0) is 17.2. The van der Waals surface area contributed by atoms with Crippen LogP contribution >= 0.6 is 0 Å². The standard InChI is InChI=1S/C12H14N2O3.C4H8N2O/c15-11-8-14(7-6-13-11)12(16)17-9-10-4-2-1-3-5-10;7-4-3-5-1-2-6-4/h1-5H,6-9H2,(H,13,15);5H,1-3H2,(H,6,7). The van der Waals surface area contributed by atoms with Gasteiger partial charge in [0.15, 0.2) is 0 Å². The topological polar surface area (TPSA) is 99.8 Å². The van der Waals surface area contributed by atoms with Crippen molar-refractivity contribution in [2.75, 3.05) is 39.3 Å². The monoisotopic (exact) mass is 334 g/mol. The SMILES string of the molecule is O=C1CN(C(=O)OCc2ccccc2)CCN1.O=C1CNCCN1. The predicted octanol–water partition coefficient (Wildman–Crippen LogP) is -0.539. The predicted molar refractivity (Wildman–Crippen MR) is 87.1 cm³/mol. The summed E-state index contributed by atoms with van der Waals surface area (Å²) in [6, 6.07) is 9.45. The molecule has 0 saturated carbocycles. The minimum atomic E-state index is -0.441. The number of hydrogen-bond acceptors (Lipinski definition) is 5. The van der Waals surface area contributed by atoms with Gasteiger partial charge in [-0.25, -0.2) is 4.79 Å². The summed E-state index contributed by atoms with van der Waals surface area (Å²) in [6.07, 6.45) is -0.441. The van der Waals surface area contributed by atoms with E-state index in [1.807, 2.05) is 30.3 Å². The van der Waals surface area contributed by atoms with Gasteiger partial charge in [0.25, 0.3) is 0 Å². The van der Waals surface area contributed by atoms with Gasteiger partial charge in [0.2, 0.25) is 11.8 Å². The van der Waals surface area contributed by atoms with E-state index in [4.69, 9.17) is 4.74 Å². The number of carbonyl (C=O) groups excluding carboxylic acids is 3. The minimum absolute atomic E-state index is 0.0770. The van der Waals surface area contributed by atoms with Crippen molar-refractivity contribution in [2.45, 2.75) is 6.61 Å². The Morgan fingerprint density at radius 1 is 1.04 bits per heavy atom. The average molecular weight is 334 g/mol. The molecule has 2 aliphatic heterocycles. The summed E-state index contributed by atoms with van der Waals surface area (Å²) in [4.78, 5) is 34.4. The zero-order valence-corrected chi connectivity index (χ0v) is 13.4. The molecule has 8 nitrogen and oxygen atoms in total. The molecule has 130 valence electrons. The molecule has 2 aliphatic rings. The number of benzene rings is 1. The fraction of sp³-hybridized carbons (Fsp3) is 0.438. The van der Waals surface area contributed by atoms with Crippen LogP contribution in [-0.4, -0.2) is 62.1 Å². The molecule has 8 heteroatoms. The van der Waals surface area contributed by atoms with Gasteiger partial charge in [-0.3, -0.25) is 14.5 Å². The van der Waals surface area contributed by atoms with E-state index in [0.29, 0.717) is 19.6 Å². The maximum atomic E-state index is 11.6. The number of piperazine rings is 2. The highest BCUT2D eigenvalue weighted by atomic mass is 16.6. The summed E-state index contributed by atoms with van der Waals surface area (Å²) in [7, 11) is 0. The Balaban J connectivity index is 0.000000249. The van der Waals surface area contributed by atoms with Crippen molar-refractivity contribution >= 4 is 17.9 Å². The Hall–Kier alpha value is -2.61. The summed E-state index contributed by atoms with van der Waals surface area (Å²) in [5.74, 6) is -0.0424. The second-order valence-electron chi connectivity index (χ2n) is 5.34. The fourth-order valence-electron chi connectivity index (χ4n) is 2.16. The average Bonchev–Trinajstić information content (AvgIpc) is 2.62. The number of hydrogen-bond donors (Lipinski definition) is 3. The van der Waals surface area contributed by atoms with Crippen LogP contribution in [0.2, 0.25) is 0 Å². The molecule has 0 unspecified atom stereocenters. The molecule has 3 rings (SSSR count). The van der Waals surface area contributed by atoms with Crippen molar-refractivity contribution < 1.29 is 19.1 Å². The molecule has 2 fully saturated rings. The Kier molecular flexibility index (Phi) is 7.03. The Morgan fingerprint density at radius 2 is 1.79 bits per heavy atom. The van der Waals surface area contributed by atoms with Crippen LogP contribution in [0.5, 0.6) is 0 Å². The van der Waals surface area contributed by atoms with Gasteiger partial charge in [-0.2, -0.15) is 0 Å². The minimum Gasteiger partial charge on any atom is -0.445 e. The molecule has 3 N–H and O–H groups in total. The maximum Gasteiger partial charge on any atom is 0.410 e. The number of nitrogens with one attached hydrogen (secondary N) is 3. The lowest BCUT2D eigenvalue weighted by molar-refractivity contribution is -0.123. The molecule has 1 aromatic rings. The van der Waals surface area contributed by atoms with Crippen molar-refractivity contribution in [2.24, 2.45) is 0 Å². The molecule has 3 amide bonds. The third-order valence-corrected chi connectivity index (χ3v) is 3.41. The summed E-state index contributed by atoms with van der Waals surface area (Å²) >= 11 is 0. The van der Waals surface area contributed by atoms with Crippen molar-refractivity contribution in [3.63, 3.8) is 0 Å². The van der Waals surface area contributed by atoms with Gasteiger partial charge >= 0.3 is 6.09 Å². The molecule has 0 bridgehead atoms. The van der Waals surface area contributed by atoms with Crippen LogP contribution in [0, 0.1) is 0 Å². The van der Waals surface area contributed by atoms with Crippen LogP contribution in [0.25, 0.3) is 0 Å². The van der Waals surface area contributed by atoms with Gasteiger partial charge in [0.1, 0.15) is 13.2 Å². The molecule has 0 atom stereocenters. The largest absolute Gasteiger partial charge is 0.445 e. The summed E-state index contributed by atoms with van der Waals surface area (Å²) in [6.45, 7) is 3.47. The molecular formula is C16H22N4O4. The highest BCUT2D eigenvalue weighted by Gasteiger charge is 2.21. The van der Waals surface area contributed by atoms with E-state index in [0.717, 1.165) is 18.7 Å². The normalized spacial score (nSPS) is 17.1. The molecule has 0 aromatic heterocycles. The molecule has 2 heterocycles. The Labute approximate surface area is 140 Å². The molecule has 1 aromatic carbocycles. The first-order chi connectivity index (χ1) is 11.6. The van der Waals surface area contributed by atoms with Gasteiger partial charge in [-0.1, -0.05) is 30.3 Å². The third-order valence-electron chi connectivity index (χ3n) is 3.41. The first-order valence-electron chi connectivity index (χ1n) is 7.85. The number of ether oxygens (including phenoxy) is 1. The van der Waals surface area contributed by atoms with E-state index in [9.17, 15) is 14.4 Å².